The van der Waals surface area contributed by atoms with Crippen LogP contribution in [0.5, 0.6) is 0 Å². The fraction of sp³-hybridized carbons (Fsp3) is 0.136. The highest BCUT2D eigenvalue weighted by molar-refractivity contribution is 7.98. The van der Waals surface area contributed by atoms with E-state index in [0.29, 0.717) is 5.56 Å². The Hall–Kier alpha value is -2.52. The van der Waals surface area contributed by atoms with Gasteiger partial charge >= 0.3 is 0 Å². The van der Waals surface area contributed by atoms with Crippen LogP contribution < -0.4 is 5.32 Å². The first-order valence-electron chi connectivity index (χ1n) is 8.28. The molecule has 3 heteroatoms. The van der Waals surface area contributed by atoms with E-state index in [9.17, 15) is 4.79 Å². The smallest absolute Gasteiger partial charge is 0.256 e. The summed E-state index contributed by atoms with van der Waals surface area (Å²) in [5, 5.41) is 3.05. The van der Waals surface area contributed by atoms with Crippen molar-refractivity contribution in [2.75, 3.05) is 5.32 Å². The number of aryl methyl sites for hydroxylation is 2. The molecule has 0 spiro atoms. The fourth-order valence-corrected chi connectivity index (χ4v) is 3.58. The minimum Gasteiger partial charge on any atom is -0.322 e. The first kappa shape index (κ1) is 17.3. The molecule has 1 N–H and O–H groups in total. The number of nitrogens with one attached hydrogen (secondary N) is 1. The molecule has 0 aromatic heterocycles. The number of benzene rings is 3. The van der Waals surface area contributed by atoms with Gasteiger partial charge in [-0.25, -0.2) is 0 Å². The normalized spacial score (nSPS) is 10.5. The topological polar surface area (TPSA) is 29.1 Å². The van der Waals surface area contributed by atoms with Crippen LogP contribution in [0, 0.1) is 13.8 Å². The SMILES string of the molecule is Cc1ccc(C)c(NC(=O)c2ccccc2SCc2ccccc2)c1. The number of carbonyl (C=O) groups excluding carboxylic acids is 1. The maximum Gasteiger partial charge on any atom is 0.256 e. The van der Waals surface area contributed by atoms with Gasteiger partial charge in [-0.1, -0.05) is 54.6 Å². The van der Waals surface area contributed by atoms with Crippen LogP contribution >= 0.6 is 11.8 Å². The van der Waals surface area contributed by atoms with Gasteiger partial charge in [-0.05, 0) is 48.7 Å². The van der Waals surface area contributed by atoms with Gasteiger partial charge in [0.1, 0.15) is 0 Å². The van der Waals surface area contributed by atoms with Crippen molar-refractivity contribution in [2.24, 2.45) is 0 Å². The van der Waals surface area contributed by atoms with Gasteiger partial charge in [0.2, 0.25) is 0 Å². The Morgan fingerprint density at radius 2 is 1.64 bits per heavy atom. The zero-order valence-electron chi connectivity index (χ0n) is 14.5. The Morgan fingerprint density at radius 1 is 0.920 bits per heavy atom. The van der Waals surface area contributed by atoms with Crippen LogP contribution in [0.25, 0.3) is 0 Å². The molecule has 0 radical (unpaired) electrons. The third-order valence-corrected chi connectivity index (χ3v) is 5.15. The van der Waals surface area contributed by atoms with Crippen LogP contribution in [-0.4, -0.2) is 5.91 Å². The van der Waals surface area contributed by atoms with Gasteiger partial charge in [0, 0.05) is 16.3 Å². The van der Waals surface area contributed by atoms with Gasteiger partial charge < -0.3 is 5.32 Å². The number of hydrogen-bond acceptors (Lipinski definition) is 2. The van der Waals surface area contributed by atoms with Crippen LogP contribution in [0.2, 0.25) is 0 Å². The number of rotatable bonds is 5. The lowest BCUT2D eigenvalue weighted by atomic mass is 10.1. The lowest BCUT2D eigenvalue weighted by molar-refractivity contribution is 0.102. The lowest BCUT2D eigenvalue weighted by Gasteiger charge is -2.12. The van der Waals surface area contributed by atoms with E-state index < -0.39 is 0 Å². The number of carbonyl (C=O) groups is 1. The molecule has 25 heavy (non-hydrogen) atoms. The Bertz CT molecular complexity index is 874. The number of hydrogen-bond donors (Lipinski definition) is 1. The summed E-state index contributed by atoms with van der Waals surface area (Å²) in [6.07, 6.45) is 0. The summed E-state index contributed by atoms with van der Waals surface area (Å²) in [5.74, 6) is 0.777. The zero-order valence-corrected chi connectivity index (χ0v) is 15.3. The molecule has 0 bridgehead atoms. The third-order valence-electron chi connectivity index (χ3n) is 4.01. The molecule has 0 atom stereocenters. The van der Waals surface area contributed by atoms with Gasteiger partial charge in [-0.15, -0.1) is 11.8 Å². The predicted octanol–water partition coefficient (Wildman–Crippen LogP) is 5.85. The highest BCUT2D eigenvalue weighted by atomic mass is 32.2. The van der Waals surface area contributed by atoms with Crippen LogP contribution in [0.15, 0.2) is 77.7 Å². The van der Waals surface area contributed by atoms with E-state index in [1.165, 1.54) is 5.56 Å². The maximum atomic E-state index is 12.8. The summed E-state index contributed by atoms with van der Waals surface area (Å²) in [5.41, 5.74) is 5.02. The summed E-state index contributed by atoms with van der Waals surface area (Å²) in [6.45, 7) is 4.03. The molecule has 0 saturated carbocycles. The quantitative estimate of drug-likeness (QED) is 0.587. The van der Waals surface area contributed by atoms with Crippen molar-refractivity contribution in [3.05, 3.63) is 95.1 Å². The molecule has 0 aliphatic rings. The second-order valence-electron chi connectivity index (χ2n) is 6.04. The van der Waals surface area contributed by atoms with E-state index in [2.05, 4.69) is 23.5 Å². The highest BCUT2D eigenvalue weighted by Gasteiger charge is 2.13. The first-order valence-corrected chi connectivity index (χ1v) is 9.26. The Kier molecular flexibility index (Phi) is 5.56. The molecule has 0 unspecified atom stereocenters. The van der Waals surface area contributed by atoms with Crippen molar-refractivity contribution in [3.63, 3.8) is 0 Å². The van der Waals surface area contributed by atoms with Crippen LogP contribution in [0.1, 0.15) is 27.0 Å². The highest BCUT2D eigenvalue weighted by Crippen LogP contribution is 2.27. The van der Waals surface area contributed by atoms with Crippen molar-refractivity contribution < 1.29 is 4.79 Å². The lowest BCUT2D eigenvalue weighted by Crippen LogP contribution is -2.14. The van der Waals surface area contributed by atoms with Crippen molar-refractivity contribution >= 4 is 23.4 Å². The molecule has 2 nitrogen and oxygen atoms in total. The van der Waals surface area contributed by atoms with Crippen molar-refractivity contribution in [3.8, 4) is 0 Å². The summed E-state index contributed by atoms with van der Waals surface area (Å²) in [4.78, 5) is 13.8. The predicted molar refractivity (Wildman–Crippen MR) is 106 cm³/mol. The molecule has 1 amide bonds. The molecule has 0 saturated heterocycles. The molecule has 3 aromatic rings. The Labute approximate surface area is 153 Å². The minimum absolute atomic E-state index is 0.0649. The standard InChI is InChI=1S/C22H21NOS/c1-16-12-13-17(2)20(14-16)23-22(24)19-10-6-7-11-21(19)25-15-18-8-4-3-5-9-18/h3-14H,15H2,1-2H3,(H,23,24). The molecule has 3 aromatic carbocycles. The molecule has 0 heterocycles. The second kappa shape index (κ2) is 8.04. The Balaban J connectivity index is 1.77. The first-order chi connectivity index (χ1) is 12.1. The minimum atomic E-state index is -0.0649. The van der Waals surface area contributed by atoms with Gasteiger partial charge in [-0.3, -0.25) is 4.79 Å². The van der Waals surface area contributed by atoms with E-state index in [0.717, 1.165) is 27.5 Å². The van der Waals surface area contributed by atoms with E-state index in [1.54, 1.807) is 11.8 Å². The van der Waals surface area contributed by atoms with Crippen LogP contribution in [0.3, 0.4) is 0 Å². The summed E-state index contributed by atoms with van der Waals surface area (Å²) in [7, 11) is 0. The van der Waals surface area contributed by atoms with E-state index in [-0.39, 0.29) is 5.91 Å². The van der Waals surface area contributed by atoms with E-state index in [4.69, 9.17) is 0 Å². The maximum absolute atomic E-state index is 12.8. The Morgan fingerprint density at radius 3 is 2.44 bits per heavy atom. The van der Waals surface area contributed by atoms with E-state index in [1.807, 2.05) is 68.4 Å². The zero-order chi connectivity index (χ0) is 17.6. The summed E-state index contributed by atoms with van der Waals surface area (Å²) in [6, 6.07) is 24.1. The molecule has 126 valence electrons. The molecular weight excluding hydrogens is 326 g/mol. The average molecular weight is 347 g/mol. The molecule has 0 fully saturated rings. The van der Waals surface area contributed by atoms with Crippen molar-refractivity contribution in [1.82, 2.24) is 0 Å². The number of anilines is 1. The van der Waals surface area contributed by atoms with Crippen molar-refractivity contribution in [1.29, 1.82) is 0 Å². The van der Waals surface area contributed by atoms with Crippen molar-refractivity contribution in [2.45, 2.75) is 24.5 Å². The molecule has 3 rings (SSSR count). The van der Waals surface area contributed by atoms with Gasteiger partial charge in [0.15, 0.2) is 0 Å². The molecular formula is C22H21NOS. The van der Waals surface area contributed by atoms with Crippen LogP contribution in [0.4, 0.5) is 5.69 Å². The fourth-order valence-electron chi connectivity index (χ4n) is 2.58. The molecule has 0 aliphatic carbocycles. The van der Waals surface area contributed by atoms with E-state index >= 15 is 0 Å². The average Bonchev–Trinajstić information content (AvgIpc) is 2.64. The monoisotopic (exact) mass is 347 g/mol. The van der Waals surface area contributed by atoms with Crippen LogP contribution in [-0.2, 0) is 5.75 Å². The largest absolute Gasteiger partial charge is 0.322 e. The molecule has 0 aliphatic heterocycles. The second-order valence-corrected chi connectivity index (χ2v) is 7.06. The summed E-state index contributed by atoms with van der Waals surface area (Å²) >= 11 is 1.69. The number of thioether (sulfide) groups is 1. The van der Waals surface area contributed by atoms with Gasteiger partial charge in [0.05, 0.1) is 5.56 Å². The summed E-state index contributed by atoms with van der Waals surface area (Å²) < 4.78 is 0. The van der Waals surface area contributed by atoms with Gasteiger partial charge in [-0.2, -0.15) is 0 Å². The number of amides is 1. The third kappa shape index (κ3) is 4.52. The van der Waals surface area contributed by atoms with Gasteiger partial charge in [0.25, 0.3) is 5.91 Å².